The zero-order valence-electron chi connectivity index (χ0n) is 13.1. The molecule has 1 saturated heterocycles. The lowest BCUT2D eigenvalue weighted by atomic mass is 10.2. The molecule has 5 rings (SSSR count). The summed E-state index contributed by atoms with van der Waals surface area (Å²) in [5.41, 5.74) is 7.48. The number of nitrogens with two attached hydrogens (primary N) is 1. The standard InChI is InChI=1S/C16H15Cl2N5OS/c17-10-3-1-2-7(12(10)18)15-21-23-11(6-24)14(20-16(23)25-15)22-4-8-9(5-22)13(8)19/h1-3,8-9,13,24H,4-6,19H2. The van der Waals surface area contributed by atoms with Crippen molar-refractivity contribution in [3.05, 3.63) is 33.9 Å². The van der Waals surface area contributed by atoms with Crippen LogP contribution in [0.1, 0.15) is 5.69 Å². The van der Waals surface area contributed by atoms with Gasteiger partial charge in [0.05, 0.1) is 16.7 Å². The predicted octanol–water partition coefficient (Wildman–Crippen LogP) is 2.65. The number of halogens is 2. The summed E-state index contributed by atoms with van der Waals surface area (Å²) in [6.45, 7) is 1.67. The van der Waals surface area contributed by atoms with Gasteiger partial charge in [-0.05, 0) is 17.9 Å². The number of hydrogen-bond donors (Lipinski definition) is 2. The molecule has 2 fully saturated rings. The van der Waals surface area contributed by atoms with E-state index in [0.29, 0.717) is 33.6 Å². The summed E-state index contributed by atoms with van der Waals surface area (Å²) in [6, 6.07) is 5.78. The first kappa shape index (κ1) is 15.8. The second-order valence-corrected chi connectivity index (χ2v) is 8.29. The molecule has 9 heteroatoms. The van der Waals surface area contributed by atoms with Crippen molar-refractivity contribution in [2.45, 2.75) is 12.6 Å². The highest BCUT2D eigenvalue weighted by molar-refractivity contribution is 7.20. The maximum Gasteiger partial charge on any atom is 0.214 e. The van der Waals surface area contributed by atoms with Crippen molar-refractivity contribution in [2.24, 2.45) is 17.6 Å². The van der Waals surface area contributed by atoms with Crippen LogP contribution in [0, 0.1) is 11.8 Å². The summed E-state index contributed by atoms with van der Waals surface area (Å²) in [5.74, 6) is 1.92. The molecular formula is C16H15Cl2N5OS. The van der Waals surface area contributed by atoms with E-state index in [-0.39, 0.29) is 6.61 Å². The van der Waals surface area contributed by atoms with Crippen molar-refractivity contribution < 1.29 is 5.11 Å². The van der Waals surface area contributed by atoms with E-state index < -0.39 is 0 Å². The topological polar surface area (TPSA) is 79.7 Å². The van der Waals surface area contributed by atoms with Gasteiger partial charge in [-0.3, -0.25) is 0 Å². The normalized spacial score (nSPS) is 25.0. The molecule has 3 heterocycles. The first-order valence-corrected chi connectivity index (χ1v) is 9.60. The van der Waals surface area contributed by atoms with Gasteiger partial charge in [-0.15, -0.1) is 0 Å². The zero-order chi connectivity index (χ0) is 17.3. The number of fused-ring (bicyclic) bond motifs is 2. The van der Waals surface area contributed by atoms with E-state index in [1.54, 1.807) is 10.6 Å². The molecule has 2 unspecified atom stereocenters. The second-order valence-electron chi connectivity index (χ2n) is 6.55. The van der Waals surface area contributed by atoms with Gasteiger partial charge in [0.25, 0.3) is 0 Å². The summed E-state index contributed by atoms with van der Waals surface area (Å²) in [7, 11) is 0. The number of piperidine rings is 1. The summed E-state index contributed by atoms with van der Waals surface area (Å²) in [4.78, 5) is 7.65. The Kier molecular flexibility index (Phi) is 3.52. The van der Waals surface area contributed by atoms with E-state index in [9.17, 15) is 5.11 Å². The molecule has 0 bridgehead atoms. The number of aromatic nitrogens is 3. The maximum absolute atomic E-state index is 9.88. The van der Waals surface area contributed by atoms with E-state index in [4.69, 9.17) is 33.9 Å². The number of rotatable bonds is 3. The molecule has 1 aromatic carbocycles. The molecule has 0 amide bonds. The van der Waals surface area contributed by atoms with E-state index in [2.05, 4.69) is 10.00 Å². The smallest absolute Gasteiger partial charge is 0.214 e. The van der Waals surface area contributed by atoms with Crippen molar-refractivity contribution >= 4 is 45.3 Å². The average molecular weight is 396 g/mol. The highest BCUT2D eigenvalue weighted by Gasteiger charge is 2.54. The molecule has 1 saturated carbocycles. The lowest BCUT2D eigenvalue weighted by Crippen LogP contribution is -2.29. The van der Waals surface area contributed by atoms with Crippen LogP contribution < -0.4 is 10.6 Å². The van der Waals surface area contributed by atoms with Crippen LogP contribution in [0.4, 0.5) is 5.82 Å². The zero-order valence-corrected chi connectivity index (χ0v) is 15.4. The van der Waals surface area contributed by atoms with Crippen LogP contribution in [0.5, 0.6) is 0 Å². The minimum absolute atomic E-state index is 0.124. The van der Waals surface area contributed by atoms with Crippen LogP contribution in [-0.4, -0.2) is 38.8 Å². The van der Waals surface area contributed by atoms with E-state index in [1.807, 2.05) is 12.1 Å². The van der Waals surface area contributed by atoms with Gasteiger partial charge in [0.15, 0.2) is 5.82 Å². The fourth-order valence-electron chi connectivity index (χ4n) is 3.69. The molecule has 25 heavy (non-hydrogen) atoms. The van der Waals surface area contributed by atoms with Gasteiger partial charge in [-0.2, -0.15) is 10.1 Å². The molecule has 3 N–H and O–H groups in total. The highest BCUT2D eigenvalue weighted by atomic mass is 35.5. The molecule has 0 radical (unpaired) electrons. The van der Waals surface area contributed by atoms with Crippen LogP contribution in [0.3, 0.4) is 0 Å². The lowest BCUT2D eigenvalue weighted by molar-refractivity contribution is 0.274. The third kappa shape index (κ3) is 2.30. The Bertz CT molecular complexity index is 974. The monoisotopic (exact) mass is 395 g/mol. The molecule has 1 aliphatic carbocycles. The molecule has 1 aliphatic heterocycles. The average Bonchev–Trinajstić information content (AvgIpc) is 3.02. The molecule has 2 aliphatic rings. The summed E-state index contributed by atoms with van der Waals surface area (Å²) < 4.78 is 1.70. The quantitative estimate of drug-likeness (QED) is 0.712. The second kappa shape index (κ2) is 5.56. The van der Waals surface area contributed by atoms with Crippen molar-refractivity contribution in [1.29, 1.82) is 0 Å². The van der Waals surface area contributed by atoms with Gasteiger partial charge in [0.2, 0.25) is 4.96 Å². The van der Waals surface area contributed by atoms with E-state index >= 15 is 0 Å². The van der Waals surface area contributed by atoms with Gasteiger partial charge < -0.3 is 15.7 Å². The van der Waals surface area contributed by atoms with Crippen molar-refractivity contribution in [3.63, 3.8) is 0 Å². The van der Waals surface area contributed by atoms with Crippen LogP contribution in [0.15, 0.2) is 18.2 Å². The molecular weight excluding hydrogens is 381 g/mol. The lowest BCUT2D eigenvalue weighted by Gasteiger charge is -2.19. The Morgan fingerprint density at radius 2 is 2.04 bits per heavy atom. The van der Waals surface area contributed by atoms with Gasteiger partial charge in [-0.25, -0.2) is 4.52 Å². The fraction of sp³-hybridized carbons (Fsp3) is 0.375. The van der Waals surface area contributed by atoms with Gasteiger partial charge in [0, 0.05) is 24.7 Å². The Labute approximate surface area is 157 Å². The summed E-state index contributed by atoms with van der Waals surface area (Å²) in [6.07, 6.45) is 0. The Morgan fingerprint density at radius 1 is 1.28 bits per heavy atom. The first-order valence-electron chi connectivity index (χ1n) is 8.02. The number of imidazole rings is 1. The molecule has 130 valence electrons. The molecule has 6 nitrogen and oxygen atoms in total. The summed E-state index contributed by atoms with van der Waals surface area (Å²) in [5, 5.41) is 16.2. The van der Waals surface area contributed by atoms with Crippen LogP contribution >= 0.6 is 34.5 Å². The van der Waals surface area contributed by atoms with E-state index in [0.717, 1.165) is 34.4 Å². The molecule has 2 atom stereocenters. The summed E-state index contributed by atoms with van der Waals surface area (Å²) >= 11 is 13.8. The fourth-order valence-corrected chi connectivity index (χ4v) is 5.08. The first-order chi connectivity index (χ1) is 12.1. The minimum Gasteiger partial charge on any atom is -0.390 e. The number of aliphatic hydroxyl groups excluding tert-OH is 1. The van der Waals surface area contributed by atoms with Gasteiger partial charge in [0.1, 0.15) is 10.7 Å². The Hall–Kier alpha value is -1.38. The number of benzene rings is 1. The van der Waals surface area contributed by atoms with Crippen LogP contribution in [0.25, 0.3) is 15.5 Å². The molecule has 0 spiro atoms. The number of anilines is 1. The number of nitrogens with zero attached hydrogens (tertiary/aromatic N) is 4. The van der Waals surface area contributed by atoms with Gasteiger partial charge in [-0.1, -0.05) is 46.7 Å². The highest BCUT2D eigenvalue weighted by Crippen LogP contribution is 2.46. The van der Waals surface area contributed by atoms with Crippen molar-refractivity contribution in [3.8, 4) is 10.6 Å². The number of hydrogen-bond acceptors (Lipinski definition) is 6. The minimum atomic E-state index is -0.124. The molecule has 3 aromatic rings. The van der Waals surface area contributed by atoms with Crippen molar-refractivity contribution in [1.82, 2.24) is 14.6 Å². The van der Waals surface area contributed by atoms with Gasteiger partial charge >= 0.3 is 0 Å². The predicted molar refractivity (Wildman–Crippen MR) is 99.4 cm³/mol. The van der Waals surface area contributed by atoms with Crippen molar-refractivity contribution in [2.75, 3.05) is 18.0 Å². The Morgan fingerprint density at radius 3 is 2.76 bits per heavy atom. The number of aliphatic hydroxyl groups is 1. The maximum atomic E-state index is 9.88. The van der Waals surface area contributed by atoms with Crippen LogP contribution in [-0.2, 0) is 6.61 Å². The van der Waals surface area contributed by atoms with Crippen LogP contribution in [0.2, 0.25) is 10.0 Å². The third-order valence-electron chi connectivity index (χ3n) is 5.17. The van der Waals surface area contributed by atoms with E-state index in [1.165, 1.54) is 11.3 Å². The Balaban J connectivity index is 1.55. The molecule has 2 aromatic heterocycles. The largest absolute Gasteiger partial charge is 0.390 e. The SMILES string of the molecule is NC1C2CN(c3nc4sc(-c5cccc(Cl)c5Cl)nn4c3CO)CC12. The third-order valence-corrected chi connectivity index (χ3v) is 6.93.